The van der Waals surface area contributed by atoms with Gasteiger partial charge in [0, 0.05) is 5.56 Å². The summed E-state index contributed by atoms with van der Waals surface area (Å²) in [5.41, 5.74) is 5.29. The van der Waals surface area contributed by atoms with Gasteiger partial charge < -0.3 is 18.4 Å². The number of carbonyl (C=O) groups excluding carboxylic acids is 1. The zero-order valence-corrected chi connectivity index (χ0v) is 23.7. The van der Waals surface area contributed by atoms with Crippen molar-refractivity contribution in [2.75, 3.05) is 13.7 Å². The molecule has 0 spiro atoms. The van der Waals surface area contributed by atoms with Crippen LogP contribution < -0.4 is 23.8 Å². The monoisotopic (exact) mass is 574 g/mol. The van der Waals surface area contributed by atoms with Crippen LogP contribution in [0.3, 0.4) is 0 Å². The lowest BCUT2D eigenvalue weighted by Gasteiger charge is -2.13. The molecule has 0 saturated carbocycles. The Kier molecular flexibility index (Phi) is 9.60. The summed E-state index contributed by atoms with van der Waals surface area (Å²) in [7, 11) is -2.66. The molecule has 0 aromatic heterocycles. The van der Waals surface area contributed by atoms with E-state index >= 15 is 0 Å². The minimum Gasteiger partial charge on any atom is -0.493 e. The second-order valence-electron chi connectivity index (χ2n) is 8.83. The Bertz CT molecular complexity index is 1620. The molecule has 1 amide bonds. The van der Waals surface area contributed by atoms with Crippen LogP contribution >= 0.6 is 0 Å². The van der Waals surface area contributed by atoms with Gasteiger partial charge in [-0.3, -0.25) is 4.79 Å². The standard InChI is InChI=1S/C31H30N2O7S/c1-4-38-30-19-25(13-17-27(30)39-21-23-8-6-5-7-9-23)31(34)33-32-20-24-12-16-28(29(18-24)37-3)40-41(35,36)26-14-10-22(2)11-15-26/h5-20H,4,21H2,1-3H3,(H,33,34)/b32-20+. The normalized spacial score (nSPS) is 11.2. The highest BCUT2D eigenvalue weighted by Gasteiger charge is 2.19. The summed E-state index contributed by atoms with van der Waals surface area (Å²) in [5.74, 6) is 0.721. The van der Waals surface area contributed by atoms with Crippen LogP contribution in [0.4, 0.5) is 0 Å². The molecule has 1 N–H and O–H groups in total. The van der Waals surface area contributed by atoms with Crippen LogP contribution in [0.5, 0.6) is 23.0 Å². The number of rotatable bonds is 12. The van der Waals surface area contributed by atoms with E-state index in [1.54, 1.807) is 42.5 Å². The van der Waals surface area contributed by atoms with E-state index in [9.17, 15) is 13.2 Å². The molecule has 0 bridgehead atoms. The highest BCUT2D eigenvalue weighted by atomic mass is 32.2. The van der Waals surface area contributed by atoms with Crippen molar-refractivity contribution in [1.29, 1.82) is 0 Å². The highest BCUT2D eigenvalue weighted by Crippen LogP contribution is 2.31. The molecule has 0 aliphatic heterocycles. The maximum absolute atomic E-state index is 12.7. The Balaban J connectivity index is 1.41. The summed E-state index contributed by atoms with van der Waals surface area (Å²) in [5, 5.41) is 4.02. The van der Waals surface area contributed by atoms with E-state index in [0.29, 0.717) is 35.8 Å². The Hall–Kier alpha value is -4.83. The largest absolute Gasteiger partial charge is 0.493 e. The summed E-state index contributed by atoms with van der Waals surface area (Å²) in [6.45, 7) is 4.47. The van der Waals surface area contributed by atoms with E-state index in [4.69, 9.17) is 18.4 Å². The van der Waals surface area contributed by atoms with Crippen molar-refractivity contribution in [3.63, 3.8) is 0 Å². The zero-order valence-electron chi connectivity index (χ0n) is 22.9. The second-order valence-corrected chi connectivity index (χ2v) is 10.4. The van der Waals surface area contributed by atoms with Gasteiger partial charge in [-0.1, -0.05) is 48.0 Å². The first kappa shape index (κ1) is 29.2. The van der Waals surface area contributed by atoms with E-state index in [1.165, 1.54) is 31.5 Å². The zero-order chi connectivity index (χ0) is 29.2. The molecule has 0 aliphatic carbocycles. The van der Waals surface area contributed by atoms with E-state index < -0.39 is 16.0 Å². The average molecular weight is 575 g/mol. The molecular weight excluding hydrogens is 544 g/mol. The quantitative estimate of drug-likeness (QED) is 0.135. The molecule has 4 aromatic carbocycles. The van der Waals surface area contributed by atoms with Crippen molar-refractivity contribution in [3.8, 4) is 23.0 Å². The maximum atomic E-state index is 12.7. The molecule has 4 rings (SSSR count). The first-order chi connectivity index (χ1) is 19.8. The number of benzene rings is 4. The first-order valence-electron chi connectivity index (χ1n) is 12.7. The molecule has 0 radical (unpaired) electrons. The lowest BCUT2D eigenvalue weighted by Crippen LogP contribution is -2.17. The molecule has 41 heavy (non-hydrogen) atoms. The van der Waals surface area contributed by atoms with Crippen LogP contribution in [0.2, 0.25) is 0 Å². The molecule has 0 saturated heterocycles. The number of ether oxygens (including phenoxy) is 3. The Labute approximate surface area is 239 Å². The van der Waals surface area contributed by atoms with E-state index in [1.807, 2.05) is 44.2 Å². The van der Waals surface area contributed by atoms with Crippen LogP contribution in [0.1, 0.15) is 34.0 Å². The summed E-state index contributed by atoms with van der Waals surface area (Å²) in [4.78, 5) is 12.8. The maximum Gasteiger partial charge on any atom is 0.339 e. The fourth-order valence-corrected chi connectivity index (χ4v) is 4.65. The van der Waals surface area contributed by atoms with Gasteiger partial charge in [-0.05, 0) is 73.5 Å². The number of hydrogen-bond acceptors (Lipinski definition) is 8. The summed E-state index contributed by atoms with van der Waals surface area (Å²) in [6, 6.07) is 25.5. The molecule has 0 heterocycles. The summed E-state index contributed by atoms with van der Waals surface area (Å²) < 4.78 is 47.5. The van der Waals surface area contributed by atoms with Crippen LogP contribution in [0, 0.1) is 6.92 Å². The van der Waals surface area contributed by atoms with Gasteiger partial charge in [0.1, 0.15) is 11.5 Å². The van der Waals surface area contributed by atoms with Gasteiger partial charge in [0.2, 0.25) is 0 Å². The minimum atomic E-state index is -4.05. The SMILES string of the molecule is CCOc1cc(C(=O)N/N=C/c2ccc(OS(=O)(=O)c3ccc(C)cc3)c(OC)c2)ccc1OCc1ccccc1. The van der Waals surface area contributed by atoms with Crippen molar-refractivity contribution in [2.45, 2.75) is 25.3 Å². The fourth-order valence-electron chi connectivity index (χ4n) is 3.71. The van der Waals surface area contributed by atoms with Gasteiger partial charge >= 0.3 is 10.1 Å². The number of hydrazone groups is 1. The Morgan fingerprint density at radius 2 is 1.59 bits per heavy atom. The highest BCUT2D eigenvalue weighted by molar-refractivity contribution is 7.87. The van der Waals surface area contributed by atoms with Gasteiger partial charge in [-0.2, -0.15) is 13.5 Å². The number of nitrogens with one attached hydrogen (secondary N) is 1. The van der Waals surface area contributed by atoms with Crippen LogP contribution in [-0.4, -0.2) is 34.3 Å². The smallest absolute Gasteiger partial charge is 0.339 e. The predicted molar refractivity (Wildman–Crippen MR) is 155 cm³/mol. The third-order valence-electron chi connectivity index (χ3n) is 5.82. The molecule has 0 aliphatic rings. The third kappa shape index (κ3) is 7.86. The molecule has 4 aromatic rings. The number of methoxy groups -OCH3 is 1. The second kappa shape index (κ2) is 13.5. The lowest BCUT2D eigenvalue weighted by molar-refractivity contribution is 0.0954. The van der Waals surface area contributed by atoms with Crippen LogP contribution in [0.25, 0.3) is 0 Å². The molecule has 212 valence electrons. The molecular formula is C31H30N2O7S. The van der Waals surface area contributed by atoms with Gasteiger partial charge in [0.15, 0.2) is 23.0 Å². The van der Waals surface area contributed by atoms with Gasteiger partial charge in [-0.25, -0.2) is 5.43 Å². The summed E-state index contributed by atoms with van der Waals surface area (Å²) >= 11 is 0. The van der Waals surface area contributed by atoms with Crippen molar-refractivity contribution >= 4 is 22.2 Å². The Morgan fingerprint density at radius 1 is 0.854 bits per heavy atom. The van der Waals surface area contributed by atoms with E-state index in [-0.39, 0.29) is 16.4 Å². The topological polar surface area (TPSA) is 113 Å². The number of carbonyl (C=O) groups is 1. The number of aryl methyl sites for hydroxylation is 1. The van der Waals surface area contributed by atoms with Gasteiger partial charge in [0.25, 0.3) is 5.91 Å². The number of hydrogen-bond donors (Lipinski definition) is 1. The summed E-state index contributed by atoms with van der Waals surface area (Å²) in [6.07, 6.45) is 1.40. The molecule has 0 unspecified atom stereocenters. The molecule has 9 nitrogen and oxygen atoms in total. The number of amides is 1. The lowest BCUT2D eigenvalue weighted by atomic mass is 10.2. The Morgan fingerprint density at radius 3 is 2.29 bits per heavy atom. The minimum absolute atomic E-state index is 0.0206. The molecule has 0 atom stereocenters. The average Bonchev–Trinajstić information content (AvgIpc) is 2.98. The number of nitrogens with zero attached hydrogens (tertiary/aromatic N) is 1. The fraction of sp³-hybridized carbons (Fsp3) is 0.161. The van der Waals surface area contributed by atoms with Crippen molar-refractivity contribution in [2.24, 2.45) is 5.10 Å². The van der Waals surface area contributed by atoms with E-state index in [2.05, 4.69) is 10.5 Å². The van der Waals surface area contributed by atoms with Gasteiger partial charge in [-0.15, -0.1) is 0 Å². The van der Waals surface area contributed by atoms with Crippen molar-refractivity contribution in [3.05, 3.63) is 113 Å². The van der Waals surface area contributed by atoms with Crippen LogP contribution in [0.15, 0.2) is 101 Å². The van der Waals surface area contributed by atoms with Gasteiger partial charge in [0.05, 0.1) is 19.9 Å². The van der Waals surface area contributed by atoms with Crippen LogP contribution in [-0.2, 0) is 16.7 Å². The molecule has 10 heteroatoms. The molecule has 0 fully saturated rings. The first-order valence-corrected chi connectivity index (χ1v) is 14.2. The third-order valence-corrected chi connectivity index (χ3v) is 7.07. The predicted octanol–water partition coefficient (Wildman–Crippen LogP) is 5.51. The van der Waals surface area contributed by atoms with E-state index in [0.717, 1.165) is 11.1 Å². The van der Waals surface area contributed by atoms with Crippen molar-refractivity contribution in [1.82, 2.24) is 5.43 Å². The van der Waals surface area contributed by atoms with Crippen molar-refractivity contribution < 1.29 is 31.6 Å².